The minimum Gasteiger partial charge on any atom is -0.496 e. The molecule has 0 bridgehead atoms. The van der Waals surface area contributed by atoms with Crippen LogP contribution in [0.3, 0.4) is 0 Å². The third-order valence-electron chi connectivity index (χ3n) is 2.91. The van der Waals surface area contributed by atoms with Crippen molar-refractivity contribution in [3.63, 3.8) is 0 Å². The van der Waals surface area contributed by atoms with Crippen molar-refractivity contribution in [1.82, 2.24) is 10.4 Å². The van der Waals surface area contributed by atoms with Gasteiger partial charge in [-0.3, -0.25) is 16.3 Å². The smallest absolute Gasteiger partial charge is 0.125 e. The number of hydrazine groups is 1. The van der Waals surface area contributed by atoms with Crippen molar-refractivity contribution in [1.29, 1.82) is 0 Å². The van der Waals surface area contributed by atoms with Crippen molar-refractivity contribution in [2.45, 2.75) is 12.5 Å². The molecule has 0 aliphatic carbocycles. The maximum atomic E-state index is 5.96. The zero-order valence-electron chi connectivity index (χ0n) is 10.6. The van der Waals surface area contributed by atoms with E-state index >= 15 is 0 Å². The lowest BCUT2D eigenvalue weighted by Gasteiger charge is -2.19. The minimum atomic E-state index is -0.0814. The number of ether oxygens (including phenoxy) is 1. The molecule has 1 heterocycles. The van der Waals surface area contributed by atoms with Gasteiger partial charge in [0.1, 0.15) is 5.75 Å². The molecule has 0 saturated carbocycles. The van der Waals surface area contributed by atoms with E-state index in [0.717, 1.165) is 11.3 Å². The lowest BCUT2D eigenvalue weighted by molar-refractivity contribution is 0.398. The Balaban J connectivity index is 2.27. The quantitative estimate of drug-likeness (QED) is 0.651. The maximum Gasteiger partial charge on any atom is 0.125 e. The Hall–Kier alpha value is -1.62. The summed E-state index contributed by atoms with van der Waals surface area (Å²) in [6.45, 7) is 0. The molecule has 1 aromatic heterocycles. The van der Waals surface area contributed by atoms with Crippen LogP contribution >= 0.6 is 11.6 Å². The molecule has 1 unspecified atom stereocenters. The maximum absolute atomic E-state index is 5.96. The normalized spacial score (nSPS) is 12.2. The number of nitrogens with two attached hydrogens (primary N) is 1. The fraction of sp³-hybridized carbons (Fsp3) is 0.214. The first kappa shape index (κ1) is 13.8. The molecule has 2 rings (SSSR count). The van der Waals surface area contributed by atoms with Gasteiger partial charge >= 0.3 is 0 Å². The highest BCUT2D eigenvalue weighted by Gasteiger charge is 2.16. The van der Waals surface area contributed by atoms with Gasteiger partial charge in [-0.05, 0) is 24.3 Å². The first-order valence-corrected chi connectivity index (χ1v) is 6.32. The van der Waals surface area contributed by atoms with Gasteiger partial charge in [-0.15, -0.1) is 0 Å². The summed E-state index contributed by atoms with van der Waals surface area (Å²) in [6, 6.07) is 11.2. The number of hydrogen-bond donors (Lipinski definition) is 2. The molecular formula is C14H16ClN3O. The Morgan fingerprint density at radius 2 is 2.21 bits per heavy atom. The summed E-state index contributed by atoms with van der Waals surface area (Å²) >= 11 is 5.96. The van der Waals surface area contributed by atoms with E-state index in [1.807, 2.05) is 30.3 Å². The van der Waals surface area contributed by atoms with Gasteiger partial charge in [-0.2, -0.15) is 0 Å². The number of methoxy groups -OCH3 is 1. The van der Waals surface area contributed by atoms with E-state index in [2.05, 4.69) is 10.4 Å². The third kappa shape index (κ3) is 3.44. The number of benzene rings is 1. The van der Waals surface area contributed by atoms with Crippen LogP contribution in [0.25, 0.3) is 0 Å². The fourth-order valence-electron chi connectivity index (χ4n) is 1.96. The first-order valence-electron chi connectivity index (χ1n) is 5.94. The molecule has 0 fully saturated rings. The van der Waals surface area contributed by atoms with Crippen molar-refractivity contribution in [3.05, 3.63) is 58.9 Å². The van der Waals surface area contributed by atoms with Crippen LogP contribution in [0, 0.1) is 0 Å². The lowest BCUT2D eigenvalue weighted by Crippen LogP contribution is -2.30. The van der Waals surface area contributed by atoms with Crippen LogP contribution in [0.15, 0.2) is 42.6 Å². The van der Waals surface area contributed by atoms with Crippen molar-refractivity contribution >= 4 is 11.6 Å². The van der Waals surface area contributed by atoms with Crippen molar-refractivity contribution in [2.75, 3.05) is 7.11 Å². The Kier molecular flexibility index (Phi) is 4.74. The number of halogens is 1. The van der Waals surface area contributed by atoms with Crippen LogP contribution < -0.4 is 16.0 Å². The van der Waals surface area contributed by atoms with E-state index < -0.39 is 0 Å². The number of nitrogens with one attached hydrogen (secondary N) is 1. The van der Waals surface area contributed by atoms with Gasteiger partial charge < -0.3 is 4.74 Å². The largest absolute Gasteiger partial charge is 0.496 e. The number of aromatic nitrogens is 1. The van der Waals surface area contributed by atoms with Crippen LogP contribution in [-0.4, -0.2) is 12.1 Å². The lowest BCUT2D eigenvalue weighted by atomic mass is 10.0. The van der Waals surface area contributed by atoms with E-state index in [9.17, 15) is 0 Å². The van der Waals surface area contributed by atoms with Crippen molar-refractivity contribution in [3.8, 4) is 5.75 Å². The molecule has 4 nitrogen and oxygen atoms in total. The van der Waals surface area contributed by atoms with E-state index in [1.54, 1.807) is 19.4 Å². The Labute approximate surface area is 117 Å². The number of hydrogen-bond acceptors (Lipinski definition) is 4. The van der Waals surface area contributed by atoms with Crippen LogP contribution in [0.5, 0.6) is 5.75 Å². The molecule has 0 amide bonds. The molecule has 19 heavy (non-hydrogen) atoms. The molecule has 1 atom stereocenters. The average Bonchev–Trinajstić information content (AvgIpc) is 2.46. The zero-order chi connectivity index (χ0) is 13.7. The second kappa shape index (κ2) is 6.52. The molecule has 5 heteroatoms. The Morgan fingerprint density at radius 3 is 2.84 bits per heavy atom. The number of pyridine rings is 1. The van der Waals surface area contributed by atoms with E-state index in [1.165, 1.54) is 0 Å². The summed E-state index contributed by atoms with van der Waals surface area (Å²) in [5, 5.41) is 0.634. The van der Waals surface area contributed by atoms with Crippen molar-refractivity contribution in [2.24, 2.45) is 5.84 Å². The summed E-state index contributed by atoms with van der Waals surface area (Å²) in [6.07, 6.45) is 2.44. The molecule has 0 aliphatic rings. The Bertz CT molecular complexity index is 533. The summed E-state index contributed by atoms with van der Waals surface area (Å²) in [5.41, 5.74) is 4.72. The van der Waals surface area contributed by atoms with E-state index in [-0.39, 0.29) is 6.04 Å². The van der Waals surface area contributed by atoms with E-state index in [4.69, 9.17) is 22.2 Å². The van der Waals surface area contributed by atoms with Crippen LogP contribution in [0.2, 0.25) is 5.02 Å². The number of rotatable bonds is 5. The standard InChI is InChI=1S/C14H16ClN3O/c1-19-14-8-10(15)5-6-12(14)13(18-16)9-11-4-2-3-7-17-11/h2-8,13,18H,9,16H2,1H3. The molecule has 2 aromatic rings. The Morgan fingerprint density at radius 1 is 1.37 bits per heavy atom. The van der Waals surface area contributed by atoms with Gasteiger partial charge in [0.25, 0.3) is 0 Å². The zero-order valence-corrected chi connectivity index (χ0v) is 11.4. The highest BCUT2D eigenvalue weighted by molar-refractivity contribution is 6.30. The summed E-state index contributed by atoms with van der Waals surface area (Å²) in [7, 11) is 1.61. The topological polar surface area (TPSA) is 60.2 Å². The highest BCUT2D eigenvalue weighted by atomic mass is 35.5. The minimum absolute atomic E-state index is 0.0814. The molecule has 1 aromatic carbocycles. The van der Waals surface area contributed by atoms with Crippen LogP contribution in [-0.2, 0) is 6.42 Å². The van der Waals surface area contributed by atoms with Crippen LogP contribution in [0.1, 0.15) is 17.3 Å². The molecule has 0 aliphatic heterocycles. The number of nitrogens with zero attached hydrogens (tertiary/aromatic N) is 1. The van der Waals surface area contributed by atoms with Gasteiger partial charge in [0.05, 0.1) is 13.2 Å². The van der Waals surface area contributed by atoms with E-state index in [0.29, 0.717) is 17.2 Å². The third-order valence-corrected chi connectivity index (χ3v) is 3.15. The van der Waals surface area contributed by atoms with Crippen LogP contribution in [0.4, 0.5) is 0 Å². The predicted molar refractivity (Wildman–Crippen MR) is 76.0 cm³/mol. The van der Waals surface area contributed by atoms with Gasteiger partial charge in [-0.1, -0.05) is 23.7 Å². The van der Waals surface area contributed by atoms with Gasteiger partial charge in [0.15, 0.2) is 0 Å². The van der Waals surface area contributed by atoms with Gasteiger partial charge in [0.2, 0.25) is 0 Å². The van der Waals surface area contributed by atoms with Gasteiger partial charge in [-0.25, -0.2) is 0 Å². The summed E-state index contributed by atoms with van der Waals surface area (Å²) in [4.78, 5) is 4.30. The second-order valence-corrected chi connectivity index (χ2v) is 4.57. The highest BCUT2D eigenvalue weighted by Crippen LogP contribution is 2.29. The molecular weight excluding hydrogens is 262 g/mol. The fourth-order valence-corrected chi connectivity index (χ4v) is 2.12. The summed E-state index contributed by atoms with van der Waals surface area (Å²) < 4.78 is 5.35. The average molecular weight is 278 g/mol. The SMILES string of the molecule is COc1cc(Cl)ccc1C(Cc1ccccn1)NN. The second-order valence-electron chi connectivity index (χ2n) is 4.13. The molecule has 0 spiro atoms. The summed E-state index contributed by atoms with van der Waals surface area (Å²) in [5.74, 6) is 6.36. The molecule has 3 N–H and O–H groups in total. The predicted octanol–water partition coefficient (Wildman–Crippen LogP) is 2.49. The molecule has 100 valence electrons. The first-order chi connectivity index (χ1) is 9.24. The molecule has 0 saturated heterocycles. The monoisotopic (exact) mass is 277 g/mol. The van der Waals surface area contributed by atoms with Gasteiger partial charge in [0, 0.05) is 28.9 Å². The molecule has 0 radical (unpaired) electrons. The van der Waals surface area contributed by atoms with Crippen molar-refractivity contribution < 1.29 is 4.74 Å².